The lowest BCUT2D eigenvalue weighted by molar-refractivity contribution is -0.477. The second kappa shape index (κ2) is 17.5. The molecule has 9 heterocycles. The number of aromatic nitrogens is 18. The highest BCUT2D eigenvalue weighted by Gasteiger charge is 2.92. The van der Waals surface area contributed by atoms with Gasteiger partial charge in [0.1, 0.15) is 81.1 Å². The molecule has 0 saturated carbocycles. The molecule has 3 saturated heterocycles. The van der Waals surface area contributed by atoms with E-state index in [1.54, 1.807) is 24.3 Å². The highest BCUT2D eigenvalue weighted by atomic mass is 31.2. The van der Waals surface area contributed by atoms with Crippen molar-refractivity contribution in [1.82, 2.24) is 105 Å². The molecular formula is C48H42N21O6P. The van der Waals surface area contributed by atoms with Crippen molar-refractivity contribution in [2.75, 3.05) is 32.7 Å². The normalized spacial score (nSPS) is 17.8. The van der Waals surface area contributed by atoms with E-state index in [1.165, 1.54) is 29.1 Å². The van der Waals surface area contributed by atoms with Crippen molar-refractivity contribution < 1.29 is 29.0 Å². The maximum atomic E-state index is 7.75. The lowest BCUT2D eigenvalue weighted by atomic mass is 10.1. The fourth-order valence-corrected chi connectivity index (χ4v) is 13.2. The van der Waals surface area contributed by atoms with Gasteiger partial charge < -0.3 is 29.0 Å². The Morgan fingerprint density at radius 1 is 0.329 bits per heavy atom. The molecule has 0 unspecified atom stereocenters. The molecule has 28 heteroatoms. The summed E-state index contributed by atoms with van der Waals surface area (Å²) in [6.07, 6.45) is 3.66. The lowest BCUT2D eigenvalue weighted by Gasteiger charge is -2.48. The molecule has 0 atom stereocenters. The van der Waals surface area contributed by atoms with Gasteiger partial charge in [0.15, 0.2) is 0 Å². The van der Waals surface area contributed by atoms with Crippen LogP contribution in [0, 0.1) is 0 Å². The molecule has 76 heavy (non-hydrogen) atoms. The maximum Gasteiger partial charge on any atom is 0.474 e. The summed E-state index contributed by atoms with van der Waals surface area (Å²) in [6, 6.07) is 43.9. The largest absolute Gasteiger partial charge is 0.474 e. The van der Waals surface area contributed by atoms with Crippen LogP contribution >= 0.6 is 8.37 Å². The Morgan fingerprint density at radius 2 is 0.592 bits per heavy atom. The van der Waals surface area contributed by atoms with Crippen molar-refractivity contribution in [1.29, 1.82) is 0 Å². The molecule has 0 amide bonds. The average Bonchev–Trinajstić information content (AvgIpc) is 4.42. The molecule has 3 aliphatic rings. The van der Waals surface area contributed by atoms with Gasteiger partial charge in [0.25, 0.3) is 0 Å². The van der Waals surface area contributed by atoms with E-state index in [-0.39, 0.29) is 6.54 Å². The third-order valence-electron chi connectivity index (χ3n) is 13.7. The lowest BCUT2D eigenvalue weighted by Crippen LogP contribution is -2.83. The number of hydrogen-bond acceptors (Lipinski definition) is 21. The monoisotopic (exact) mass is 1040 g/mol. The molecule has 27 nitrogen and oxygen atoms in total. The summed E-state index contributed by atoms with van der Waals surface area (Å²) in [6.45, 7) is 2.46. The Labute approximate surface area is 428 Å². The molecule has 0 radical (unpaired) electrons. The molecule has 15 rings (SSSR count). The van der Waals surface area contributed by atoms with Crippen LogP contribution in [0.4, 0.5) is 0 Å². The molecule has 380 valence electrons. The van der Waals surface area contributed by atoms with Gasteiger partial charge in [-0.15, -0.1) is 30.6 Å². The Balaban J connectivity index is 1.12. The molecule has 0 spiro atoms. The van der Waals surface area contributed by atoms with E-state index in [4.69, 9.17) is 29.0 Å². The second-order valence-electron chi connectivity index (χ2n) is 18.4. The summed E-state index contributed by atoms with van der Waals surface area (Å²) in [5, 5.41) is 55.4. The zero-order valence-corrected chi connectivity index (χ0v) is 40.9. The van der Waals surface area contributed by atoms with E-state index < -0.39 is 25.9 Å². The van der Waals surface area contributed by atoms with Gasteiger partial charge >= 0.3 is 17.5 Å². The number of hydrogen-bond donors (Lipinski definition) is 0. The molecule has 3 aliphatic heterocycles. The Morgan fingerprint density at radius 3 is 0.895 bits per heavy atom. The van der Waals surface area contributed by atoms with Crippen LogP contribution in [0.3, 0.4) is 0 Å². The minimum atomic E-state index is -2.90. The van der Waals surface area contributed by atoms with Crippen LogP contribution in [0.15, 0.2) is 146 Å². The zero-order chi connectivity index (χ0) is 50.3. The SMILES string of the molecule is c1ccc2c(c1)nnn2OC1(On2nnc3ccccc32)CN(P(N2CCCC2)N2CCCC2)C(On2nnc3ccccc32)(On2nnc3ccccc32)C1(On1nnc2ccccc21)On1nnc2ccccc21. The van der Waals surface area contributed by atoms with Crippen LogP contribution < -0.4 is 29.0 Å². The number of benzene rings is 6. The van der Waals surface area contributed by atoms with E-state index in [9.17, 15) is 0 Å². The third kappa shape index (κ3) is 6.89. The van der Waals surface area contributed by atoms with Crippen LogP contribution in [-0.2, 0) is 0 Å². The van der Waals surface area contributed by atoms with Crippen LogP contribution in [0.1, 0.15) is 25.7 Å². The van der Waals surface area contributed by atoms with E-state index in [0.717, 1.165) is 25.7 Å². The van der Waals surface area contributed by atoms with E-state index >= 15 is 0 Å². The van der Waals surface area contributed by atoms with Crippen molar-refractivity contribution in [2.45, 2.75) is 43.2 Å². The van der Waals surface area contributed by atoms with Crippen LogP contribution in [0.2, 0.25) is 0 Å². The number of para-hydroxylation sites is 6. The quantitative estimate of drug-likeness (QED) is 0.106. The number of rotatable bonds is 15. The van der Waals surface area contributed by atoms with Gasteiger partial charge in [0.05, 0.1) is 0 Å². The van der Waals surface area contributed by atoms with Gasteiger partial charge in [-0.1, -0.05) is 102 Å². The van der Waals surface area contributed by atoms with Gasteiger partial charge in [0, 0.05) is 26.2 Å². The van der Waals surface area contributed by atoms with Crippen molar-refractivity contribution in [3.8, 4) is 0 Å². The molecule has 6 aromatic heterocycles. The van der Waals surface area contributed by atoms with Gasteiger partial charge in [0.2, 0.25) is 0 Å². The fraction of sp³-hybridized carbons (Fsp3) is 0.250. The van der Waals surface area contributed by atoms with E-state index in [1.807, 2.05) is 126 Å². The third-order valence-corrected chi connectivity index (χ3v) is 16.4. The number of nitrogens with zero attached hydrogens (tertiary/aromatic N) is 21. The molecule has 0 N–H and O–H groups in total. The highest BCUT2D eigenvalue weighted by molar-refractivity contribution is 7.50. The van der Waals surface area contributed by atoms with E-state index in [0.29, 0.717) is 92.4 Å². The first kappa shape index (κ1) is 44.3. The summed E-state index contributed by atoms with van der Waals surface area (Å²) in [7, 11) is -1.78. The smallest absolute Gasteiger partial charge is 0.334 e. The van der Waals surface area contributed by atoms with Crippen LogP contribution in [-0.4, -0.2) is 155 Å². The fourth-order valence-electron chi connectivity index (χ4n) is 10.2. The predicted octanol–water partition coefficient (Wildman–Crippen LogP) is 3.01. The summed E-state index contributed by atoms with van der Waals surface area (Å²) in [5.74, 6) is -8.14. The maximum absolute atomic E-state index is 7.75. The Kier molecular flexibility index (Phi) is 10.2. The van der Waals surface area contributed by atoms with Crippen LogP contribution in [0.25, 0.3) is 66.2 Å². The standard InChI is InChI=1S/C48H42N21O6P/c1-7-23-40-34(17-1)49-55-64(40)70-46(71-65-41-24-8-2-18-35(41)50-56-65)33-63(76(61-29-13-14-30-61)62-31-15-16-32-62)48(74-68-44-27-11-5-21-38(44)53-59-68,75-69-45-28-12-6-22-39(45)54-60-69)47(46,72-66-42-25-9-3-19-36(42)51-57-66)73-67-43-26-10-4-20-37(43)52-58-67/h1-12,17-28H,13-16,29-33H2. The average molecular weight is 1040 g/mol. The summed E-state index contributed by atoms with van der Waals surface area (Å²) in [4.78, 5) is 53.6. The summed E-state index contributed by atoms with van der Waals surface area (Å²) < 4.78 is 6.84. The minimum absolute atomic E-state index is 0.368. The summed E-state index contributed by atoms with van der Waals surface area (Å²) in [5.41, 5.74) is 5.46. The molecule has 6 aromatic carbocycles. The van der Waals surface area contributed by atoms with Crippen molar-refractivity contribution in [3.63, 3.8) is 0 Å². The first-order valence-corrected chi connectivity index (χ1v) is 25.8. The molecule has 0 bridgehead atoms. The van der Waals surface area contributed by atoms with Gasteiger partial charge in [-0.05, 0) is 130 Å². The molecule has 3 fully saturated rings. The number of fused-ring (bicyclic) bond motifs is 6. The predicted molar refractivity (Wildman–Crippen MR) is 268 cm³/mol. The van der Waals surface area contributed by atoms with Gasteiger partial charge in [-0.2, -0.15) is 4.67 Å². The highest BCUT2D eigenvalue weighted by Crippen LogP contribution is 2.61. The Hall–Kier alpha value is -9.17. The zero-order valence-electron chi connectivity index (χ0n) is 40.0. The molecular weight excluding hydrogens is 998 g/mol. The van der Waals surface area contributed by atoms with Gasteiger partial charge in [-0.3, -0.25) is 9.34 Å². The van der Waals surface area contributed by atoms with Crippen molar-refractivity contribution in [3.05, 3.63) is 146 Å². The summed E-state index contributed by atoms with van der Waals surface area (Å²) >= 11 is 0. The molecule has 0 aliphatic carbocycles. The molecule has 12 aromatic rings. The van der Waals surface area contributed by atoms with E-state index in [2.05, 4.69) is 71.2 Å². The topological polar surface area (TPSA) is 249 Å². The minimum Gasteiger partial charge on any atom is -0.334 e. The van der Waals surface area contributed by atoms with Crippen molar-refractivity contribution in [2.24, 2.45) is 0 Å². The van der Waals surface area contributed by atoms with Gasteiger partial charge in [-0.25, -0.2) is 0 Å². The second-order valence-corrected chi connectivity index (χ2v) is 20.5. The van der Waals surface area contributed by atoms with Crippen molar-refractivity contribution >= 4 is 74.6 Å². The first-order valence-electron chi connectivity index (χ1n) is 24.6. The Bertz CT molecular complexity index is 3840. The van der Waals surface area contributed by atoms with Crippen LogP contribution in [0.5, 0.6) is 0 Å². The first-order chi connectivity index (χ1) is 37.6.